The summed E-state index contributed by atoms with van der Waals surface area (Å²) in [4.78, 5) is 4.65. The predicted octanol–water partition coefficient (Wildman–Crippen LogP) is 2.66. The second kappa shape index (κ2) is 8.38. The molecule has 1 fully saturated rings. The molecule has 3 rings (SSSR count). The quantitative estimate of drug-likeness (QED) is 0.859. The van der Waals surface area contributed by atoms with Gasteiger partial charge in [0.2, 0.25) is 0 Å². The molecular formula is C20H26FN3O2. The highest BCUT2D eigenvalue weighted by Crippen LogP contribution is 2.33. The lowest BCUT2D eigenvalue weighted by Crippen LogP contribution is -2.49. The summed E-state index contributed by atoms with van der Waals surface area (Å²) < 4.78 is 24.0. The number of nitrogens with two attached hydrogens (primary N) is 1. The molecule has 6 heteroatoms. The molecular weight excluding hydrogens is 333 g/mol. The Morgan fingerprint density at radius 3 is 2.27 bits per heavy atom. The second-order valence-electron chi connectivity index (χ2n) is 6.36. The van der Waals surface area contributed by atoms with Crippen LogP contribution in [0.25, 0.3) is 0 Å². The third-order valence-electron chi connectivity index (χ3n) is 4.97. The molecule has 1 saturated heterocycles. The van der Waals surface area contributed by atoms with Gasteiger partial charge in [0.05, 0.1) is 20.3 Å². The van der Waals surface area contributed by atoms with Crippen molar-refractivity contribution in [3.63, 3.8) is 0 Å². The molecule has 2 aromatic carbocycles. The number of ether oxygens (including phenoxy) is 2. The van der Waals surface area contributed by atoms with Crippen LogP contribution in [0.2, 0.25) is 0 Å². The first kappa shape index (κ1) is 18.5. The van der Waals surface area contributed by atoms with Crippen molar-refractivity contribution in [1.82, 2.24) is 4.90 Å². The van der Waals surface area contributed by atoms with E-state index >= 15 is 0 Å². The molecule has 0 bridgehead atoms. The highest BCUT2D eigenvalue weighted by atomic mass is 19.1. The van der Waals surface area contributed by atoms with Crippen molar-refractivity contribution in [3.8, 4) is 11.5 Å². The zero-order valence-corrected chi connectivity index (χ0v) is 15.3. The molecule has 2 N–H and O–H groups in total. The number of hydrogen-bond donors (Lipinski definition) is 1. The number of methoxy groups -OCH3 is 2. The smallest absolute Gasteiger partial charge is 0.127 e. The van der Waals surface area contributed by atoms with Gasteiger partial charge in [-0.05, 0) is 30.3 Å². The van der Waals surface area contributed by atoms with Crippen LogP contribution in [0, 0.1) is 5.82 Å². The van der Waals surface area contributed by atoms with Crippen LogP contribution in [-0.4, -0.2) is 51.8 Å². The summed E-state index contributed by atoms with van der Waals surface area (Å²) in [5.41, 5.74) is 8.24. The van der Waals surface area contributed by atoms with Crippen molar-refractivity contribution in [2.45, 2.75) is 6.04 Å². The lowest BCUT2D eigenvalue weighted by molar-refractivity contribution is 0.187. The highest BCUT2D eigenvalue weighted by Gasteiger charge is 2.26. The first-order valence-corrected chi connectivity index (χ1v) is 8.83. The zero-order chi connectivity index (χ0) is 18.5. The highest BCUT2D eigenvalue weighted by molar-refractivity contribution is 5.47. The molecule has 1 unspecified atom stereocenters. The van der Waals surface area contributed by atoms with Crippen molar-refractivity contribution in [1.29, 1.82) is 0 Å². The summed E-state index contributed by atoms with van der Waals surface area (Å²) in [5.74, 6) is 1.35. The minimum Gasteiger partial charge on any atom is -0.497 e. The van der Waals surface area contributed by atoms with Crippen molar-refractivity contribution >= 4 is 5.69 Å². The Bertz CT molecular complexity index is 715. The fourth-order valence-electron chi connectivity index (χ4n) is 3.51. The van der Waals surface area contributed by atoms with E-state index in [0.717, 1.165) is 48.9 Å². The van der Waals surface area contributed by atoms with Gasteiger partial charge in [-0.15, -0.1) is 0 Å². The summed E-state index contributed by atoms with van der Waals surface area (Å²) in [7, 11) is 3.31. The van der Waals surface area contributed by atoms with Crippen LogP contribution in [-0.2, 0) is 0 Å². The van der Waals surface area contributed by atoms with Crippen LogP contribution in [0.15, 0.2) is 42.5 Å². The third-order valence-corrected chi connectivity index (χ3v) is 4.97. The first-order valence-electron chi connectivity index (χ1n) is 8.83. The van der Waals surface area contributed by atoms with Gasteiger partial charge >= 0.3 is 0 Å². The van der Waals surface area contributed by atoms with Gasteiger partial charge in [-0.3, -0.25) is 4.90 Å². The Morgan fingerprint density at radius 2 is 1.69 bits per heavy atom. The maximum absolute atomic E-state index is 13.1. The molecule has 0 spiro atoms. The normalized spacial score (nSPS) is 16.4. The monoisotopic (exact) mass is 359 g/mol. The zero-order valence-electron chi connectivity index (χ0n) is 15.3. The average molecular weight is 359 g/mol. The van der Waals surface area contributed by atoms with E-state index in [0.29, 0.717) is 6.54 Å². The van der Waals surface area contributed by atoms with Crippen LogP contribution in [0.5, 0.6) is 11.5 Å². The predicted molar refractivity (Wildman–Crippen MR) is 102 cm³/mol. The lowest BCUT2D eigenvalue weighted by Gasteiger charge is -2.40. The maximum atomic E-state index is 13.1. The molecule has 140 valence electrons. The number of halogens is 1. The van der Waals surface area contributed by atoms with Crippen LogP contribution in [0.1, 0.15) is 11.6 Å². The van der Waals surface area contributed by atoms with E-state index in [2.05, 4.69) is 9.80 Å². The molecule has 0 amide bonds. The molecule has 5 nitrogen and oxygen atoms in total. The van der Waals surface area contributed by atoms with Gasteiger partial charge in [-0.25, -0.2) is 4.39 Å². The SMILES string of the molecule is COc1ccc(C(CN)N2CCN(c3ccc(F)cc3)CC2)c(OC)c1. The van der Waals surface area contributed by atoms with Crippen LogP contribution in [0.4, 0.5) is 10.1 Å². The van der Waals surface area contributed by atoms with Gasteiger partial charge in [-0.1, -0.05) is 6.07 Å². The topological polar surface area (TPSA) is 51.0 Å². The van der Waals surface area contributed by atoms with Gasteiger partial charge in [0.15, 0.2) is 0 Å². The fourth-order valence-corrected chi connectivity index (χ4v) is 3.51. The van der Waals surface area contributed by atoms with Crippen molar-refractivity contribution in [3.05, 3.63) is 53.8 Å². The molecule has 0 saturated carbocycles. The summed E-state index contributed by atoms with van der Waals surface area (Å²) in [6.07, 6.45) is 0. The summed E-state index contributed by atoms with van der Waals surface area (Å²) in [5, 5.41) is 0. The standard InChI is InChI=1S/C20H26FN3O2/c1-25-17-7-8-18(20(13-17)26-2)19(14-22)24-11-9-23(10-12-24)16-5-3-15(21)4-6-16/h3-8,13,19H,9-12,14,22H2,1-2H3. The molecule has 0 aromatic heterocycles. The van der Waals surface area contributed by atoms with Crippen LogP contribution >= 0.6 is 0 Å². The summed E-state index contributed by atoms with van der Waals surface area (Å²) in [6.45, 7) is 4.03. The molecule has 2 aromatic rings. The van der Waals surface area contributed by atoms with E-state index in [4.69, 9.17) is 15.2 Å². The van der Waals surface area contributed by atoms with Gasteiger partial charge in [0.25, 0.3) is 0 Å². The fraction of sp³-hybridized carbons (Fsp3) is 0.400. The maximum Gasteiger partial charge on any atom is 0.127 e. The average Bonchev–Trinajstić information content (AvgIpc) is 2.70. The van der Waals surface area contributed by atoms with E-state index in [9.17, 15) is 4.39 Å². The molecule has 26 heavy (non-hydrogen) atoms. The molecule has 1 atom stereocenters. The minimum atomic E-state index is -0.206. The Kier molecular flexibility index (Phi) is 5.96. The number of anilines is 1. The van der Waals surface area contributed by atoms with Gasteiger partial charge in [0, 0.05) is 50.0 Å². The number of nitrogens with zero attached hydrogens (tertiary/aromatic N) is 2. The Balaban J connectivity index is 1.71. The largest absolute Gasteiger partial charge is 0.497 e. The summed E-state index contributed by atoms with van der Waals surface area (Å²) >= 11 is 0. The van der Waals surface area contributed by atoms with Crippen molar-refractivity contribution in [2.75, 3.05) is 51.8 Å². The van der Waals surface area contributed by atoms with Gasteiger partial charge in [0.1, 0.15) is 17.3 Å². The van der Waals surface area contributed by atoms with E-state index in [1.54, 1.807) is 14.2 Å². The number of piperazine rings is 1. The van der Waals surface area contributed by atoms with Crippen LogP contribution < -0.4 is 20.1 Å². The number of rotatable bonds is 6. The van der Waals surface area contributed by atoms with E-state index in [-0.39, 0.29) is 11.9 Å². The van der Waals surface area contributed by atoms with Gasteiger partial charge in [-0.2, -0.15) is 0 Å². The Hall–Kier alpha value is -2.31. The van der Waals surface area contributed by atoms with E-state index in [1.165, 1.54) is 12.1 Å². The Morgan fingerprint density at radius 1 is 1.00 bits per heavy atom. The minimum absolute atomic E-state index is 0.0891. The molecule has 0 aliphatic carbocycles. The number of hydrogen-bond acceptors (Lipinski definition) is 5. The third kappa shape index (κ3) is 3.92. The van der Waals surface area contributed by atoms with E-state index in [1.807, 2.05) is 30.3 Å². The molecule has 1 aliphatic rings. The van der Waals surface area contributed by atoms with Crippen molar-refractivity contribution in [2.24, 2.45) is 5.73 Å². The van der Waals surface area contributed by atoms with E-state index < -0.39 is 0 Å². The number of benzene rings is 2. The Labute approximate surface area is 154 Å². The van der Waals surface area contributed by atoms with Gasteiger partial charge < -0.3 is 20.1 Å². The second-order valence-corrected chi connectivity index (χ2v) is 6.36. The lowest BCUT2D eigenvalue weighted by atomic mass is 10.0. The molecule has 1 heterocycles. The first-order chi connectivity index (χ1) is 12.7. The van der Waals surface area contributed by atoms with Crippen LogP contribution in [0.3, 0.4) is 0 Å². The summed E-state index contributed by atoms with van der Waals surface area (Å²) in [6, 6.07) is 12.6. The molecule has 1 aliphatic heterocycles. The molecule has 0 radical (unpaired) electrons. The van der Waals surface area contributed by atoms with Crippen molar-refractivity contribution < 1.29 is 13.9 Å².